The molecule has 0 saturated heterocycles. The molecule has 0 atom stereocenters. The molecule has 1 N–H and O–H groups in total. The summed E-state index contributed by atoms with van der Waals surface area (Å²) in [6.45, 7) is -0.690. The molecule has 1 heterocycles. The zero-order valence-electron chi connectivity index (χ0n) is 17.8. The average molecular weight is 468 g/mol. The van der Waals surface area contributed by atoms with Gasteiger partial charge in [-0.2, -0.15) is 0 Å². The summed E-state index contributed by atoms with van der Waals surface area (Å²) in [7, 11) is -1.50. The van der Waals surface area contributed by atoms with Gasteiger partial charge in [-0.05, 0) is 30.3 Å². The van der Waals surface area contributed by atoms with Crippen molar-refractivity contribution < 1.29 is 32.2 Å². The van der Waals surface area contributed by atoms with Crippen LogP contribution in [0.3, 0.4) is 0 Å². The number of anilines is 1. The second kappa shape index (κ2) is 8.83. The van der Waals surface area contributed by atoms with Gasteiger partial charge in [0.15, 0.2) is 11.5 Å². The van der Waals surface area contributed by atoms with E-state index in [1.807, 2.05) is 18.2 Å². The number of methoxy groups -OCH3 is 2. The molecule has 0 radical (unpaired) electrons. The lowest BCUT2D eigenvalue weighted by atomic mass is 10.2. The highest BCUT2D eigenvalue weighted by Crippen LogP contribution is 2.38. The Hall–Kier alpha value is -4.05. The van der Waals surface area contributed by atoms with Crippen LogP contribution >= 0.6 is 0 Å². The molecular weight excluding hydrogens is 448 g/mol. The fraction of sp³-hybridized carbons (Fsp3) is 0.130. The molecule has 4 rings (SSSR count). The lowest BCUT2D eigenvalue weighted by Gasteiger charge is -2.15. The van der Waals surface area contributed by atoms with Crippen LogP contribution in [0.25, 0.3) is 0 Å². The molecule has 0 bridgehead atoms. The second-order valence-electron chi connectivity index (χ2n) is 7.01. The van der Waals surface area contributed by atoms with Crippen molar-refractivity contribution in [3.63, 3.8) is 0 Å². The zero-order chi connectivity index (χ0) is 23.6. The van der Waals surface area contributed by atoms with Crippen molar-refractivity contribution in [3.05, 3.63) is 72.3 Å². The Balaban J connectivity index is 1.51. The molecule has 0 spiro atoms. The summed E-state index contributed by atoms with van der Waals surface area (Å²) < 4.78 is 42.4. The molecule has 0 fully saturated rings. The van der Waals surface area contributed by atoms with Crippen molar-refractivity contribution in [2.24, 2.45) is 0 Å². The van der Waals surface area contributed by atoms with Gasteiger partial charge < -0.3 is 19.5 Å². The Morgan fingerprint density at radius 3 is 2.27 bits per heavy atom. The summed E-state index contributed by atoms with van der Waals surface area (Å²) in [4.78, 5) is 25.1. The van der Waals surface area contributed by atoms with E-state index < -0.39 is 28.4 Å². The number of para-hydroxylation sites is 1. The SMILES string of the molecule is COc1cc2c(cc1OC)S(=O)(=O)N(CC(=O)Nc1cccc(Oc3ccccc3)c1)C2=O. The summed E-state index contributed by atoms with van der Waals surface area (Å²) in [5.74, 6) is -0.0258. The van der Waals surface area contributed by atoms with E-state index in [1.165, 1.54) is 26.4 Å². The normalized spacial score (nSPS) is 13.9. The zero-order valence-corrected chi connectivity index (χ0v) is 18.6. The molecule has 3 aromatic rings. The quantitative estimate of drug-likeness (QED) is 0.566. The third kappa shape index (κ3) is 4.33. The number of fused-ring (bicyclic) bond motifs is 1. The topological polar surface area (TPSA) is 111 Å². The van der Waals surface area contributed by atoms with E-state index in [9.17, 15) is 18.0 Å². The van der Waals surface area contributed by atoms with Gasteiger partial charge in [0.2, 0.25) is 5.91 Å². The van der Waals surface area contributed by atoms with Crippen LogP contribution in [0.1, 0.15) is 10.4 Å². The summed E-state index contributed by atoms with van der Waals surface area (Å²) >= 11 is 0. The molecular formula is C23H20N2O7S. The number of amides is 2. The Bertz CT molecular complexity index is 1320. The van der Waals surface area contributed by atoms with E-state index in [0.29, 0.717) is 21.5 Å². The van der Waals surface area contributed by atoms with E-state index in [4.69, 9.17) is 14.2 Å². The van der Waals surface area contributed by atoms with Crippen molar-refractivity contribution >= 4 is 27.5 Å². The van der Waals surface area contributed by atoms with Crippen molar-refractivity contribution in [1.29, 1.82) is 0 Å². The van der Waals surface area contributed by atoms with Crippen LogP contribution in [0.2, 0.25) is 0 Å². The number of carbonyl (C=O) groups excluding carboxylic acids is 2. The average Bonchev–Trinajstić information content (AvgIpc) is 2.99. The first-order valence-electron chi connectivity index (χ1n) is 9.79. The number of hydrogen-bond donors (Lipinski definition) is 1. The number of ether oxygens (including phenoxy) is 3. The number of nitrogens with one attached hydrogen (secondary N) is 1. The van der Waals surface area contributed by atoms with Crippen molar-refractivity contribution in [3.8, 4) is 23.0 Å². The lowest BCUT2D eigenvalue weighted by molar-refractivity contribution is -0.116. The fourth-order valence-corrected chi connectivity index (χ4v) is 4.87. The molecule has 0 aromatic heterocycles. The van der Waals surface area contributed by atoms with Crippen LogP contribution in [0, 0.1) is 0 Å². The summed E-state index contributed by atoms with van der Waals surface area (Å²) in [5, 5.41) is 2.60. The van der Waals surface area contributed by atoms with Crippen molar-refractivity contribution in [1.82, 2.24) is 4.31 Å². The van der Waals surface area contributed by atoms with E-state index in [-0.39, 0.29) is 22.0 Å². The van der Waals surface area contributed by atoms with E-state index in [1.54, 1.807) is 36.4 Å². The maximum Gasteiger partial charge on any atom is 0.269 e. The second-order valence-corrected chi connectivity index (χ2v) is 8.84. The highest BCUT2D eigenvalue weighted by atomic mass is 32.2. The fourth-order valence-electron chi connectivity index (χ4n) is 3.35. The molecule has 3 aromatic carbocycles. The summed E-state index contributed by atoms with van der Waals surface area (Å²) in [6, 6.07) is 18.2. The standard InChI is InChI=1S/C23H20N2O7S/c1-30-19-12-18-21(13-20(19)31-2)33(28,29)25(23(18)27)14-22(26)24-15-7-6-10-17(11-15)32-16-8-4-3-5-9-16/h3-13H,14H2,1-2H3,(H,24,26). The number of benzene rings is 3. The predicted octanol–water partition coefficient (Wildman–Crippen LogP) is 3.28. The molecule has 1 aliphatic rings. The maximum atomic E-state index is 12.9. The van der Waals surface area contributed by atoms with Gasteiger partial charge in [-0.3, -0.25) is 9.59 Å². The third-order valence-corrected chi connectivity index (χ3v) is 6.66. The Morgan fingerprint density at radius 1 is 0.909 bits per heavy atom. The lowest BCUT2D eigenvalue weighted by Crippen LogP contribution is -2.37. The molecule has 1 aliphatic heterocycles. The first-order valence-corrected chi connectivity index (χ1v) is 11.2. The Morgan fingerprint density at radius 2 is 1.58 bits per heavy atom. The van der Waals surface area contributed by atoms with E-state index in [0.717, 1.165) is 0 Å². The highest BCUT2D eigenvalue weighted by molar-refractivity contribution is 7.90. The van der Waals surface area contributed by atoms with Crippen LogP contribution in [-0.2, 0) is 14.8 Å². The minimum atomic E-state index is -4.23. The number of hydrogen-bond acceptors (Lipinski definition) is 7. The van der Waals surface area contributed by atoms with Gasteiger partial charge in [-0.15, -0.1) is 0 Å². The summed E-state index contributed by atoms with van der Waals surface area (Å²) in [5.41, 5.74) is 0.303. The molecule has 9 nitrogen and oxygen atoms in total. The van der Waals surface area contributed by atoms with Crippen LogP contribution < -0.4 is 19.5 Å². The molecule has 0 aliphatic carbocycles. The molecule has 33 heavy (non-hydrogen) atoms. The smallest absolute Gasteiger partial charge is 0.269 e. The number of rotatable bonds is 7. The Labute approximate surface area is 190 Å². The third-order valence-electron chi connectivity index (χ3n) is 4.89. The molecule has 0 saturated carbocycles. The number of carbonyl (C=O) groups is 2. The minimum Gasteiger partial charge on any atom is -0.493 e. The molecule has 2 amide bonds. The van der Waals surface area contributed by atoms with Gasteiger partial charge in [0, 0.05) is 17.8 Å². The van der Waals surface area contributed by atoms with Crippen LogP contribution in [0.15, 0.2) is 71.6 Å². The Kier molecular flexibility index (Phi) is 5.93. The summed E-state index contributed by atoms with van der Waals surface area (Å²) in [6.07, 6.45) is 0. The van der Waals surface area contributed by atoms with Gasteiger partial charge in [-0.25, -0.2) is 12.7 Å². The number of nitrogens with zero attached hydrogens (tertiary/aromatic N) is 1. The largest absolute Gasteiger partial charge is 0.493 e. The van der Waals surface area contributed by atoms with Gasteiger partial charge in [0.25, 0.3) is 15.9 Å². The first kappa shape index (κ1) is 22.2. The predicted molar refractivity (Wildman–Crippen MR) is 119 cm³/mol. The first-order chi connectivity index (χ1) is 15.8. The molecule has 0 unspecified atom stereocenters. The number of sulfonamides is 1. The van der Waals surface area contributed by atoms with Crippen LogP contribution in [0.4, 0.5) is 5.69 Å². The van der Waals surface area contributed by atoms with Gasteiger partial charge in [0.1, 0.15) is 22.9 Å². The monoisotopic (exact) mass is 468 g/mol. The van der Waals surface area contributed by atoms with Crippen molar-refractivity contribution in [2.45, 2.75) is 4.90 Å². The molecule has 170 valence electrons. The van der Waals surface area contributed by atoms with Crippen LogP contribution in [0.5, 0.6) is 23.0 Å². The van der Waals surface area contributed by atoms with Crippen LogP contribution in [-0.4, -0.2) is 45.3 Å². The highest BCUT2D eigenvalue weighted by Gasteiger charge is 2.43. The van der Waals surface area contributed by atoms with E-state index in [2.05, 4.69) is 5.32 Å². The van der Waals surface area contributed by atoms with Crippen molar-refractivity contribution in [2.75, 3.05) is 26.1 Å². The maximum absolute atomic E-state index is 12.9. The van der Waals surface area contributed by atoms with E-state index >= 15 is 0 Å². The van der Waals surface area contributed by atoms with Gasteiger partial charge in [-0.1, -0.05) is 24.3 Å². The van der Waals surface area contributed by atoms with Gasteiger partial charge in [0.05, 0.1) is 19.8 Å². The minimum absolute atomic E-state index is 0.0845. The van der Waals surface area contributed by atoms with Gasteiger partial charge >= 0.3 is 0 Å². The molecule has 10 heteroatoms.